The van der Waals surface area contributed by atoms with E-state index in [4.69, 9.17) is 10.5 Å². The minimum Gasteiger partial charge on any atom is -0.444 e. The Hall–Kier alpha value is -0.810. The summed E-state index contributed by atoms with van der Waals surface area (Å²) in [5.41, 5.74) is 5.46. The van der Waals surface area contributed by atoms with Gasteiger partial charge in [-0.05, 0) is 52.5 Å². The second-order valence-electron chi connectivity index (χ2n) is 7.05. The minimum absolute atomic E-state index is 0.344. The van der Waals surface area contributed by atoms with Crippen molar-refractivity contribution in [1.29, 1.82) is 0 Å². The third-order valence-corrected chi connectivity index (χ3v) is 3.95. The Labute approximate surface area is 129 Å². The molecule has 1 heterocycles. The Bertz CT molecular complexity index is 315. The van der Waals surface area contributed by atoms with Gasteiger partial charge in [-0.3, -0.25) is 4.90 Å². The Morgan fingerprint density at radius 3 is 2.76 bits per heavy atom. The van der Waals surface area contributed by atoms with Crippen LogP contribution in [-0.4, -0.2) is 48.8 Å². The van der Waals surface area contributed by atoms with Crippen LogP contribution in [0.4, 0.5) is 4.79 Å². The fraction of sp³-hybridized carbons (Fsp3) is 0.938. The first-order chi connectivity index (χ1) is 9.85. The van der Waals surface area contributed by atoms with E-state index >= 15 is 0 Å². The van der Waals surface area contributed by atoms with Crippen molar-refractivity contribution in [2.24, 2.45) is 11.7 Å². The predicted octanol–water partition coefficient (Wildman–Crippen LogP) is 2.35. The maximum Gasteiger partial charge on any atom is 0.407 e. The van der Waals surface area contributed by atoms with Crippen LogP contribution in [0.1, 0.15) is 53.4 Å². The van der Waals surface area contributed by atoms with Crippen LogP contribution < -0.4 is 11.1 Å². The minimum atomic E-state index is -0.445. The lowest BCUT2D eigenvalue weighted by Crippen LogP contribution is -2.42. The van der Waals surface area contributed by atoms with E-state index < -0.39 is 5.60 Å². The number of rotatable bonds is 7. The summed E-state index contributed by atoms with van der Waals surface area (Å²) in [6.45, 7) is 11.4. The highest BCUT2D eigenvalue weighted by molar-refractivity contribution is 5.67. The van der Waals surface area contributed by atoms with E-state index in [9.17, 15) is 4.79 Å². The van der Waals surface area contributed by atoms with E-state index in [1.165, 1.54) is 19.3 Å². The number of amides is 1. The van der Waals surface area contributed by atoms with Gasteiger partial charge in [0.15, 0.2) is 0 Å². The molecular weight excluding hydrogens is 266 g/mol. The Balaban J connectivity index is 2.27. The number of likely N-dealkylation sites (tertiary alicyclic amines) is 1. The van der Waals surface area contributed by atoms with Crippen LogP contribution in [0, 0.1) is 5.92 Å². The summed E-state index contributed by atoms with van der Waals surface area (Å²) in [6.07, 6.45) is 4.39. The first-order valence-corrected chi connectivity index (χ1v) is 8.26. The van der Waals surface area contributed by atoms with Crippen LogP contribution in [0.15, 0.2) is 0 Å². The molecule has 0 bridgehead atoms. The molecule has 21 heavy (non-hydrogen) atoms. The molecule has 0 aromatic carbocycles. The first kappa shape index (κ1) is 18.2. The molecule has 5 heteroatoms. The number of carbonyl (C=O) groups excluding carboxylic acids is 1. The van der Waals surface area contributed by atoms with Gasteiger partial charge in [-0.15, -0.1) is 0 Å². The number of hydrogen-bond acceptors (Lipinski definition) is 4. The molecule has 2 unspecified atom stereocenters. The summed E-state index contributed by atoms with van der Waals surface area (Å²) in [6, 6.07) is 0.363. The lowest BCUT2D eigenvalue weighted by Gasteiger charge is -2.27. The molecule has 1 rings (SSSR count). The number of nitrogens with one attached hydrogen (secondary N) is 1. The van der Waals surface area contributed by atoms with Crippen LogP contribution >= 0.6 is 0 Å². The van der Waals surface area contributed by atoms with Gasteiger partial charge in [0, 0.05) is 25.7 Å². The van der Waals surface area contributed by atoms with Crippen molar-refractivity contribution < 1.29 is 9.53 Å². The molecule has 1 aliphatic heterocycles. The zero-order valence-corrected chi connectivity index (χ0v) is 14.2. The molecule has 0 aromatic rings. The predicted molar refractivity (Wildman–Crippen MR) is 86.3 cm³/mol. The molecule has 1 aliphatic rings. The molecule has 0 aliphatic carbocycles. The van der Waals surface area contributed by atoms with Crippen LogP contribution in [0.25, 0.3) is 0 Å². The highest BCUT2D eigenvalue weighted by Crippen LogP contribution is 2.23. The van der Waals surface area contributed by atoms with Crippen molar-refractivity contribution in [2.75, 3.05) is 26.2 Å². The summed E-state index contributed by atoms with van der Waals surface area (Å²) < 4.78 is 5.23. The van der Waals surface area contributed by atoms with E-state index in [-0.39, 0.29) is 6.09 Å². The topological polar surface area (TPSA) is 67.6 Å². The molecular formula is C16H33N3O2. The highest BCUT2D eigenvalue weighted by Gasteiger charge is 2.27. The van der Waals surface area contributed by atoms with E-state index in [1.807, 2.05) is 20.8 Å². The van der Waals surface area contributed by atoms with Gasteiger partial charge in [-0.25, -0.2) is 4.79 Å². The number of nitrogens with two attached hydrogens (primary N) is 1. The number of alkyl carbamates (subject to hydrolysis) is 1. The van der Waals surface area contributed by atoms with E-state index in [0.29, 0.717) is 19.1 Å². The van der Waals surface area contributed by atoms with Crippen molar-refractivity contribution in [3.05, 3.63) is 0 Å². The average Bonchev–Trinajstić information content (AvgIpc) is 2.81. The molecule has 3 N–H and O–H groups in total. The van der Waals surface area contributed by atoms with Gasteiger partial charge in [-0.2, -0.15) is 0 Å². The average molecular weight is 299 g/mol. The molecule has 1 saturated heterocycles. The Morgan fingerprint density at radius 2 is 2.19 bits per heavy atom. The van der Waals surface area contributed by atoms with Crippen molar-refractivity contribution in [3.8, 4) is 0 Å². The Kier molecular flexibility index (Phi) is 7.46. The van der Waals surface area contributed by atoms with Gasteiger partial charge in [0.25, 0.3) is 0 Å². The fourth-order valence-electron chi connectivity index (χ4n) is 2.94. The number of nitrogens with zero attached hydrogens (tertiary/aromatic N) is 1. The molecule has 0 spiro atoms. The van der Waals surface area contributed by atoms with E-state index in [2.05, 4.69) is 17.1 Å². The van der Waals surface area contributed by atoms with E-state index in [1.54, 1.807) is 0 Å². The maximum absolute atomic E-state index is 11.6. The fourth-order valence-corrected chi connectivity index (χ4v) is 2.94. The van der Waals surface area contributed by atoms with Crippen molar-refractivity contribution >= 4 is 6.09 Å². The molecule has 5 nitrogen and oxygen atoms in total. The Morgan fingerprint density at radius 1 is 1.48 bits per heavy atom. The van der Waals surface area contributed by atoms with Crippen LogP contribution in [0.3, 0.4) is 0 Å². The van der Waals surface area contributed by atoms with Gasteiger partial charge in [0.2, 0.25) is 0 Å². The molecule has 0 aromatic heterocycles. The third kappa shape index (κ3) is 7.14. The van der Waals surface area contributed by atoms with Crippen molar-refractivity contribution in [1.82, 2.24) is 10.2 Å². The number of hydrogen-bond donors (Lipinski definition) is 2. The van der Waals surface area contributed by atoms with Gasteiger partial charge < -0.3 is 15.8 Å². The van der Waals surface area contributed by atoms with Crippen LogP contribution in [-0.2, 0) is 4.74 Å². The summed E-state index contributed by atoms with van der Waals surface area (Å²) >= 11 is 0. The molecule has 0 radical (unpaired) electrons. The monoisotopic (exact) mass is 299 g/mol. The SMILES string of the molecule is CCCC1CCN(C(CN)CCNC(=O)OC(C)(C)C)C1. The summed E-state index contributed by atoms with van der Waals surface area (Å²) in [4.78, 5) is 14.1. The molecule has 1 fully saturated rings. The number of carbonyl (C=O) groups is 1. The molecule has 0 saturated carbocycles. The quantitative estimate of drug-likeness (QED) is 0.757. The van der Waals surface area contributed by atoms with Crippen LogP contribution in [0.5, 0.6) is 0 Å². The van der Waals surface area contributed by atoms with Crippen LogP contribution in [0.2, 0.25) is 0 Å². The standard InChI is InChI=1S/C16H33N3O2/c1-5-6-13-8-10-19(12-13)14(11-17)7-9-18-15(20)21-16(2,3)4/h13-14H,5-12,17H2,1-4H3,(H,18,20). The summed E-state index contributed by atoms with van der Waals surface area (Å²) in [5.74, 6) is 0.822. The van der Waals surface area contributed by atoms with Crippen molar-refractivity contribution in [2.45, 2.75) is 65.0 Å². The molecule has 1 amide bonds. The maximum atomic E-state index is 11.6. The van der Waals surface area contributed by atoms with Gasteiger partial charge in [-0.1, -0.05) is 13.3 Å². The smallest absolute Gasteiger partial charge is 0.407 e. The summed E-state index contributed by atoms with van der Waals surface area (Å²) in [7, 11) is 0. The van der Waals surface area contributed by atoms with Gasteiger partial charge >= 0.3 is 6.09 Å². The third-order valence-electron chi connectivity index (χ3n) is 3.95. The zero-order chi connectivity index (χ0) is 15.9. The van der Waals surface area contributed by atoms with E-state index in [0.717, 1.165) is 25.4 Å². The molecule has 2 atom stereocenters. The van der Waals surface area contributed by atoms with Gasteiger partial charge in [0.1, 0.15) is 5.60 Å². The van der Waals surface area contributed by atoms with Gasteiger partial charge in [0.05, 0.1) is 0 Å². The first-order valence-electron chi connectivity index (χ1n) is 8.26. The second kappa shape index (κ2) is 8.59. The number of ether oxygens (including phenoxy) is 1. The van der Waals surface area contributed by atoms with Crippen molar-refractivity contribution in [3.63, 3.8) is 0 Å². The largest absolute Gasteiger partial charge is 0.444 e. The zero-order valence-electron chi connectivity index (χ0n) is 14.2. The summed E-state index contributed by atoms with van der Waals surface area (Å²) in [5, 5.41) is 2.82. The lowest BCUT2D eigenvalue weighted by atomic mass is 10.0. The molecule has 124 valence electrons. The second-order valence-corrected chi connectivity index (χ2v) is 7.05. The lowest BCUT2D eigenvalue weighted by molar-refractivity contribution is 0.0522. The normalized spacial score (nSPS) is 21.3. The highest BCUT2D eigenvalue weighted by atomic mass is 16.6.